The molecule has 0 aliphatic rings. The first-order valence-electron chi connectivity index (χ1n) is 10.5. The van der Waals surface area contributed by atoms with Gasteiger partial charge in [0.1, 0.15) is 25.8 Å². The molecule has 0 aliphatic carbocycles. The Bertz CT molecular complexity index is 1390. The average Bonchev–Trinajstić information content (AvgIpc) is 3.26. The van der Waals surface area contributed by atoms with E-state index in [4.69, 9.17) is 7.85 Å². The number of halogens is 3. The van der Waals surface area contributed by atoms with Gasteiger partial charge in [-0.25, -0.2) is 9.67 Å². The summed E-state index contributed by atoms with van der Waals surface area (Å²) in [4.78, 5) is 29.7. The van der Waals surface area contributed by atoms with Gasteiger partial charge in [0.05, 0.1) is 16.9 Å². The number of amides is 2. The molecular formula is C22H20BF3N8O3. The number of alkyl halides is 3. The molecule has 3 aromatic rings. The van der Waals surface area contributed by atoms with E-state index in [-0.39, 0.29) is 40.8 Å². The SMILES string of the molecule is [B]c1cc(C)c(NC(=O)c2cc(CN=NNC(=C)C(F)(F)F)nn2-c2ncccc2O)c(C(=O)NC)c1. The summed E-state index contributed by atoms with van der Waals surface area (Å²) in [6, 6.07) is 7.04. The van der Waals surface area contributed by atoms with E-state index < -0.39 is 23.7 Å². The number of nitrogens with one attached hydrogen (secondary N) is 3. The Kier molecular flexibility index (Phi) is 7.95. The number of anilines is 1. The van der Waals surface area contributed by atoms with Crippen molar-refractivity contribution in [3.63, 3.8) is 0 Å². The highest BCUT2D eigenvalue weighted by Crippen LogP contribution is 2.24. The number of benzene rings is 1. The number of aryl methyl sites for hydroxylation is 1. The van der Waals surface area contributed by atoms with Crippen molar-refractivity contribution in [2.24, 2.45) is 10.3 Å². The first-order chi connectivity index (χ1) is 17.4. The fraction of sp³-hybridized carbons (Fsp3) is 0.182. The topological polar surface area (TPSA) is 146 Å². The summed E-state index contributed by atoms with van der Waals surface area (Å²) < 4.78 is 38.6. The number of allylic oxidation sites excluding steroid dienone is 1. The van der Waals surface area contributed by atoms with Crippen molar-refractivity contribution in [1.29, 1.82) is 0 Å². The molecule has 15 heteroatoms. The van der Waals surface area contributed by atoms with Crippen LogP contribution >= 0.6 is 0 Å². The van der Waals surface area contributed by atoms with Crippen molar-refractivity contribution in [3.8, 4) is 11.6 Å². The van der Waals surface area contributed by atoms with E-state index in [0.717, 1.165) is 4.68 Å². The zero-order valence-electron chi connectivity index (χ0n) is 19.6. The number of hydrogen-bond donors (Lipinski definition) is 4. The van der Waals surface area contributed by atoms with Crippen molar-refractivity contribution < 1.29 is 27.9 Å². The van der Waals surface area contributed by atoms with Crippen molar-refractivity contribution in [3.05, 3.63) is 71.3 Å². The predicted molar refractivity (Wildman–Crippen MR) is 128 cm³/mol. The Morgan fingerprint density at radius 2 is 1.97 bits per heavy atom. The maximum atomic E-state index is 13.3. The molecular weight excluding hydrogens is 492 g/mol. The lowest BCUT2D eigenvalue weighted by Gasteiger charge is -2.15. The van der Waals surface area contributed by atoms with Gasteiger partial charge >= 0.3 is 6.18 Å². The fourth-order valence-electron chi connectivity index (χ4n) is 3.12. The molecule has 1 aromatic carbocycles. The van der Waals surface area contributed by atoms with Crippen LogP contribution in [0.25, 0.3) is 5.82 Å². The number of rotatable bonds is 8. The average molecular weight is 512 g/mol. The molecule has 0 fully saturated rings. The van der Waals surface area contributed by atoms with Crippen LogP contribution in [0.4, 0.5) is 18.9 Å². The fourth-order valence-corrected chi connectivity index (χ4v) is 3.12. The van der Waals surface area contributed by atoms with Crippen LogP contribution in [0.15, 0.2) is 59.1 Å². The molecule has 0 atom stereocenters. The minimum atomic E-state index is -4.70. The van der Waals surface area contributed by atoms with Gasteiger partial charge in [0.25, 0.3) is 11.8 Å². The minimum Gasteiger partial charge on any atom is -0.504 e. The number of carbonyl (C=O) groups is 2. The summed E-state index contributed by atoms with van der Waals surface area (Å²) in [5.74, 6) is -1.62. The number of hydrogen-bond acceptors (Lipinski definition) is 7. The third kappa shape index (κ3) is 6.31. The standard InChI is InChI=1S/C22H20BF3N8O3/c1-11-7-13(23)8-15(20(36)27-3)18(11)30-21(37)16-9-14(10-29-33-31-12(2)22(24,25)26)32-34(16)19-17(35)5-4-6-28-19/h4-9,35H,2,10H2,1,3H3,(H,27,36)(H,29,31)(H,30,37). The number of aromatic hydroxyl groups is 1. The summed E-state index contributed by atoms with van der Waals surface area (Å²) in [5, 5.41) is 26.4. The van der Waals surface area contributed by atoms with Gasteiger partial charge in [-0.1, -0.05) is 29.4 Å². The Hall–Kier alpha value is -4.69. The molecule has 0 unspecified atom stereocenters. The molecule has 2 radical (unpaired) electrons. The monoisotopic (exact) mass is 512 g/mol. The first-order valence-corrected chi connectivity index (χ1v) is 10.5. The summed E-state index contributed by atoms with van der Waals surface area (Å²) in [6.07, 6.45) is -3.34. The molecule has 0 bridgehead atoms. The van der Waals surface area contributed by atoms with Crippen LogP contribution in [0.5, 0.6) is 5.75 Å². The second-order valence-electron chi connectivity index (χ2n) is 7.56. The van der Waals surface area contributed by atoms with Gasteiger partial charge in [-0.05, 0) is 30.7 Å². The molecule has 0 saturated heterocycles. The Morgan fingerprint density at radius 3 is 2.62 bits per heavy atom. The third-order valence-corrected chi connectivity index (χ3v) is 4.86. The van der Waals surface area contributed by atoms with Gasteiger partial charge in [-0.3, -0.25) is 15.0 Å². The number of pyridine rings is 1. The Balaban J connectivity index is 1.97. The van der Waals surface area contributed by atoms with Crippen molar-refractivity contribution in [2.75, 3.05) is 12.4 Å². The van der Waals surface area contributed by atoms with Gasteiger partial charge in [0.15, 0.2) is 11.6 Å². The van der Waals surface area contributed by atoms with Crippen LogP contribution in [0.1, 0.15) is 32.1 Å². The van der Waals surface area contributed by atoms with Crippen molar-refractivity contribution in [1.82, 2.24) is 25.5 Å². The van der Waals surface area contributed by atoms with E-state index in [2.05, 4.69) is 37.6 Å². The molecule has 2 aromatic heterocycles. The zero-order valence-corrected chi connectivity index (χ0v) is 19.6. The highest BCUT2D eigenvalue weighted by Gasteiger charge is 2.32. The summed E-state index contributed by atoms with van der Waals surface area (Å²) >= 11 is 0. The largest absolute Gasteiger partial charge is 0.504 e. The summed E-state index contributed by atoms with van der Waals surface area (Å²) in [7, 11) is 7.27. The summed E-state index contributed by atoms with van der Waals surface area (Å²) in [5.41, 5.74) is 1.46. The van der Waals surface area contributed by atoms with E-state index in [1.54, 1.807) is 18.4 Å². The van der Waals surface area contributed by atoms with E-state index in [0.29, 0.717) is 11.0 Å². The maximum absolute atomic E-state index is 13.3. The smallest absolute Gasteiger partial charge is 0.432 e. The number of carbonyl (C=O) groups excluding carboxylic acids is 2. The van der Waals surface area contributed by atoms with E-state index in [1.807, 2.05) is 0 Å². The van der Waals surface area contributed by atoms with Gasteiger partial charge in [0.2, 0.25) is 0 Å². The third-order valence-electron chi connectivity index (χ3n) is 4.86. The van der Waals surface area contributed by atoms with E-state index in [9.17, 15) is 27.9 Å². The lowest BCUT2D eigenvalue weighted by atomic mass is 9.90. The van der Waals surface area contributed by atoms with Crippen LogP contribution < -0.4 is 21.5 Å². The molecule has 4 N–H and O–H groups in total. The molecule has 0 spiro atoms. The zero-order chi connectivity index (χ0) is 27.3. The van der Waals surface area contributed by atoms with Gasteiger partial charge in [-0.2, -0.15) is 23.4 Å². The number of aromatic nitrogens is 3. The van der Waals surface area contributed by atoms with Gasteiger partial charge in [-0.15, -0.1) is 0 Å². The quantitative estimate of drug-likeness (QED) is 0.207. The normalized spacial score (nSPS) is 11.4. The van der Waals surface area contributed by atoms with E-state index >= 15 is 0 Å². The number of nitrogens with zero attached hydrogens (tertiary/aromatic N) is 5. The molecule has 0 saturated carbocycles. The highest BCUT2D eigenvalue weighted by atomic mass is 19.4. The first kappa shape index (κ1) is 26.9. The lowest BCUT2D eigenvalue weighted by molar-refractivity contribution is -0.0964. The molecule has 11 nitrogen and oxygen atoms in total. The maximum Gasteiger partial charge on any atom is 0.432 e. The van der Waals surface area contributed by atoms with Crippen molar-refractivity contribution in [2.45, 2.75) is 19.6 Å². The van der Waals surface area contributed by atoms with Crippen LogP contribution in [0, 0.1) is 6.92 Å². The minimum absolute atomic E-state index is 0.0973. The molecule has 37 heavy (non-hydrogen) atoms. The van der Waals surface area contributed by atoms with Crippen LogP contribution in [-0.2, 0) is 6.54 Å². The summed E-state index contributed by atoms with van der Waals surface area (Å²) in [6.45, 7) is 4.12. The van der Waals surface area contributed by atoms with Crippen LogP contribution in [0.3, 0.4) is 0 Å². The van der Waals surface area contributed by atoms with Crippen LogP contribution in [0.2, 0.25) is 0 Å². The predicted octanol–water partition coefficient (Wildman–Crippen LogP) is 2.22. The highest BCUT2D eigenvalue weighted by molar-refractivity contribution is 6.33. The van der Waals surface area contributed by atoms with E-state index in [1.165, 1.54) is 37.5 Å². The molecule has 2 heterocycles. The van der Waals surface area contributed by atoms with Crippen LogP contribution in [-0.4, -0.2) is 52.8 Å². The van der Waals surface area contributed by atoms with Crippen molar-refractivity contribution >= 4 is 30.8 Å². The second-order valence-corrected chi connectivity index (χ2v) is 7.56. The molecule has 2 amide bonds. The Labute approximate surface area is 209 Å². The lowest BCUT2D eigenvalue weighted by Crippen LogP contribution is -2.25. The Morgan fingerprint density at radius 1 is 1.24 bits per heavy atom. The van der Waals surface area contributed by atoms with Gasteiger partial charge in [0, 0.05) is 13.2 Å². The van der Waals surface area contributed by atoms with Gasteiger partial charge < -0.3 is 15.7 Å². The molecule has 0 aliphatic heterocycles. The molecule has 190 valence electrons. The molecule has 3 rings (SSSR count). The second kappa shape index (κ2) is 10.9.